The van der Waals surface area contributed by atoms with Crippen LogP contribution in [0.5, 0.6) is 5.75 Å². The van der Waals surface area contributed by atoms with Crippen molar-refractivity contribution >= 4 is 33.6 Å². The molecule has 0 aliphatic heterocycles. The molecule has 4 aromatic rings. The maximum absolute atomic E-state index is 15.0. The van der Waals surface area contributed by atoms with Crippen LogP contribution in [-0.4, -0.2) is 54.4 Å². The lowest BCUT2D eigenvalue weighted by atomic mass is 9.84. The van der Waals surface area contributed by atoms with Crippen LogP contribution in [0.2, 0.25) is 0 Å². The summed E-state index contributed by atoms with van der Waals surface area (Å²) in [6, 6.07) is 15.4. The first-order chi connectivity index (χ1) is 25.1. The molecule has 0 atom stereocenters. The van der Waals surface area contributed by atoms with Gasteiger partial charge in [-0.25, -0.2) is 40.0 Å². The Morgan fingerprint density at radius 2 is 1.42 bits per heavy atom. The Kier molecular flexibility index (Phi) is 11.8. The van der Waals surface area contributed by atoms with Crippen LogP contribution in [0, 0.1) is 29.1 Å². The highest BCUT2D eigenvalue weighted by Crippen LogP contribution is 2.34. The van der Waals surface area contributed by atoms with E-state index in [9.17, 15) is 46.2 Å². The summed E-state index contributed by atoms with van der Waals surface area (Å²) in [4.78, 5) is 36.7. The van der Waals surface area contributed by atoms with Crippen molar-refractivity contribution in [3.63, 3.8) is 0 Å². The molecule has 2 N–H and O–H groups in total. The van der Waals surface area contributed by atoms with Gasteiger partial charge in [-0.3, -0.25) is 4.79 Å². The summed E-state index contributed by atoms with van der Waals surface area (Å²) < 4.78 is 105. The predicted molar refractivity (Wildman–Crippen MR) is 180 cm³/mol. The van der Waals surface area contributed by atoms with E-state index in [-0.39, 0.29) is 27.7 Å². The molecule has 5 rings (SSSR count). The number of phenols is 1. The third kappa shape index (κ3) is 8.33. The van der Waals surface area contributed by atoms with Gasteiger partial charge in [-0.1, -0.05) is 55.7 Å². The van der Waals surface area contributed by atoms with Gasteiger partial charge in [0.15, 0.2) is 28.2 Å². The van der Waals surface area contributed by atoms with E-state index < -0.39 is 86.3 Å². The lowest BCUT2D eigenvalue weighted by Gasteiger charge is -2.28. The van der Waals surface area contributed by atoms with Crippen LogP contribution >= 0.6 is 0 Å². The quantitative estimate of drug-likeness (QED) is 0.0678. The van der Waals surface area contributed by atoms with Crippen molar-refractivity contribution in [2.45, 2.75) is 56.0 Å². The van der Waals surface area contributed by atoms with Gasteiger partial charge in [-0.05, 0) is 59.7 Å². The number of carboxylic acids is 1. The van der Waals surface area contributed by atoms with Crippen molar-refractivity contribution in [3.05, 3.63) is 124 Å². The Morgan fingerprint density at radius 3 is 2.00 bits per heavy atom. The van der Waals surface area contributed by atoms with Crippen molar-refractivity contribution in [1.29, 1.82) is 0 Å². The second-order valence-corrected chi connectivity index (χ2v) is 14.3. The number of methoxy groups -OCH3 is 1. The Morgan fingerprint density at radius 1 is 0.792 bits per heavy atom. The van der Waals surface area contributed by atoms with Gasteiger partial charge >= 0.3 is 11.9 Å². The average molecular weight is 761 g/mol. The fraction of sp³-hybridized carbons (Fsp3) is 0.270. The summed E-state index contributed by atoms with van der Waals surface area (Å²) in [5.74, 6) is -16.8. The molecular weight excluding hydrogens is 727 g/mol. The Bertz CT molecular complexity index is 2130. The van der Waals surface area contributed by atoms with Gasteiger partial charge in [-0.2, -0.15) is 4.31 Å². The number of carboxylic acid groups (broad SMARTS) is 1. The molecule has 1 fully saturated rings. The molecule has 0 radical (unpaired) electrons. The van der Waals surface area contributed by atoms with Crippen molar-refractivity contribution in [3.8, 4) is 5.75 Å². The Labute approximate surface area is 301 Å². The lowest BCUT2D eigenvalue weighted by molar-refractivity contribution is -0.119. The Hall–Kier alpha value is -5.35. The molecule has 0 heterocycles. The summed E-state index contributed by atoms with van der Waals surface area (Å²) in [5, 5.41) is 19.9. The van der Waals surface area contributed by atoms with E-state index in [0.717, 1.165) is 67.9 Å². The molecule has 10 nitrogen and oxygen atoms in total. The molecule has 4 aromatic carbocycles. The number of benzene rings is 4. The molecule has 1 aliphatic carbocycles. The van der Waals surface area contributed by atoms with Crippen LogP contribution in [-0.2, 0) is 32.6 Å². The van der Waals surface area contributed by atoms with E-state index in [2.05, 4.69) is 4.74 Å². The van der Waals surface area contributed by atoms with E-state index in [1.54, 1.807) is 12.1 Å². The fourth-order valence-electron chi connectivity index (χ4n) is 6.23. The lowest BCUT2D eigenvalue weighted by Crippen LogP contribution is -2.43. The Balaban J connectivity index is 1.58. The zero-order valence-electron chi connectivity index (χ0n) is 28.1. The number of aromatic hydroxyl groups is 1. The van der Waals surface area contributed by atoms with Gasteiger partial charge < -0.3 is 19.8 Å². The number of halogens is 5. The number of hydrogen-bond acceptors (Lipinski definition) is 7. The first-order valence-corrected chi connectivity index (χ1v) is 17.7. The van der Waals surface area contributed by atoms with Gasteiger partial charge in [0.25, 0.3) is 0 Å². The number of rotatable bonds is 12. The normalized spacial score (nSPS) is 13.6. The van der Waals surface area contributed by atoms with Crippen LogP contribution in [0.3, 0.4) is 0 Å². The maximum Gasteiger partial charge on any atom is 0.339 e. The van der Waals surface area contributed by atoms with Crippen LogP contribution in [0.1, 0.15) is 75.4 Å². The van der Waals surface area contributed by atoms with E-state index >= 15 is 8.78 Å². The van der Waals surface area contributed by atoms with Crippen LogP contribution in [0.15, 0.2) is 71.6 Å². The van der Waals surface area contributed by atoms with E-state index in [1.807, 2.05) is 12.1 Å². The van der Waals surface area contributed by atoms with Gasteiger partial charge in [-0.15, -0.1) is 0 Å². The summed E-state index contributed by atoms with van der Waals surface area (Å²) in [7, 11) is -4.67. The molecule has 1 aliphatic rings. The molecule has 0 spiro atoms. The standard InChI is InChI=1S/C37H33F5N2O8S/c1-52-37(49)25-9-5-6-22(16-25)18-43(53(50,51)35-33(41)31(39)30(38)32(40)34(35)42)20-29(46)44(26-14-15-27(36(47)48)28(45)17-26)19-21-10-12-24(13-11-21)23-7-3-2-4-8-23/h5-6,9-17,23,45H,2-4,7-8,18-20H2,1H3,(H,47,48). The number of hydrogen-bond donors (Lipinski definition) is 2. The van der Waals surface area contributed by atoms with E-state index in [0.29, 0.717) is 11.5 Å². The van der Waals surface area contributed by atoms with E-state index in [1.165, 1.54) is 24.3 Å². The van der Waals surface area contributed by atoms with Crippen molar-refractivity contribution in [1.82, 2.24) is 4.31 Å². The van der Waals surface area contributed by atoms with E-state index in [4.69, 9.17) is 0 Å². The number of ether oxygens (including phenoxy) is 1. The number of esters is 1. The third-order valence-corrected chi connectivity index (χ3v) is 10.8. The molecule has 1 amide bonds. The zero-order valence-corrected chi connectivity index (χ0v) is 28.9. The topological polar surface area (TPSA) is 142 Å². The molecule has 16 heteroatoms. The van der Waals surface area contributed by atoms with Gasteiger partial charge in [0.05, 0.1) is 25.8 Å². The number of carbonyl (C=O) groups excluding carboxylic acids is 2. The van der Waals surface area contributed by atoms with Gasteiger partial charge in [0.1, 0.15) is 11.3 Å². The van der Waals surface area contributed by atoms with Crippen molar-refractivity contribution in [2.24, 2.45) is 0 Å². The highest BCUT2D eigenvalue weighted by molar-refractivity contribution is 7.89. The number of sulfonamides is 1. The third-order valence-electron chi connectivity index (χ3n) is 9.01. The fourth-order valence-corrected chi connectivity index (χ4v) is 7.72. The highest BCUT2D eigenvalue weighted by atomic mass is 32.2. The molecule has 280 valence electrons. The largest absolute Gasteiger partial charge is 0.507 e. The molecule has 1 saturated carbocycles. The number of carbonyl (C=O) groups is 3. The first-order valence-electron chi connectivity index (χ1n) is 16.3. The average Bonchev–Trinajstić information content (AvgIpc) is 3.15. The molecule has 0 aromatic heterocycles. The predicted octanol–water partition coefficient (Wildman–Crippen LogP) is 7.04. The minimum absolute atomic E-state index is 0.0403. The summed E-state index contributed by atoms with van der Waals surface area (Å²) in [5.41, 5.74) is 0.830. The monoisotopic (exact) mass is 760 g/mol. The van der Waals surface area contributed by atoms with Crippen LogP contribution in [0.4, 0.5) is 27.6 Å². The highest BCUT2D eigenvalue weighted by Gasteiger charge is 2.39. The molecule has 53 heavy (non-hydrogen) atoms. The molecule has 0 bridgehead atoms. The van der Waals surface area contributed by atoms with Crippen LogP contribution < -0.4 is 4.90 Å². The zero-order chi connectivity index (χ0) is 38.6. The van der Waals surface area contributed by atoms with Gasteiger partial charge in [0, 0.05) is 18.3 Å². The molecule has 0 unspecified atom stereocenters. The first kappa shape index (κ1) is 38.9. The second kappa shape index (κ2) is 16.1. The number of nitrogens with zero attached hydrogens (tertiary/aromatic N) is 2. The summed E-state index contributed by atoms with van der Waals surface area (Å²) >= 11 is 0. The SMILES string of the molecule is COC(=O)c1cccc(CN(CC(=O)N(Cc2ccc(C3CCCCC3)cc2)c2ccc(C(=O)O)c(O)c2)S(=O)(=O)c2c(F)c(F)c(F)c(F)c2F)c1. The van der Waals surface area contributed by atoms with Crippen molar-refractivity contribution < 1.29 is 59.7 Å². The van der Waals surface area contributed by atoms with Crippen LogP contribution in [0.25, 0.3) is 0 Å². The minimum atomic E-state index is -5.74. The minimum Gasteiger partial charge on any atom is -0.507 e. The number of anilines is 1. The summed E-state index contributed by atoms with van der Waals surface area (Å²) in [6.45, 7) is -2.47. The van der Waals surface area contributed by atoms with Crippen molar-refractivity contribution in [2.75, 3.05) is 18.6 Å². The summed E-state index contributed by atoms with van der Waals surface area (Å²) in [6.07, 6.45) is 5.33. The smallest absolute Gasteiger partial charge is 0.339 e. The number of aromatic carboxylic acids is 1. The van der Waals surface area contributed by atoms with Gasteiger partial charge in [0.2, 0.25) is 21.7 Å². The molecular formula is C37H33F5N2O8S. The molecule has 0 saturated heterocycles. The second-order valence-electron chi connectivity index (χ2n) is 12.4. The number of amides is 1. The maximum atomic E-state index is 15.0.